The summed E-state index contributed by atoms with van der Waals surface area (Å²) < 4.78 is 14.8. The van der Waals surface area contributed by atoms with Crippen LogP contribution in [0.5, 0.6) is 0 Å². The fourth-order valence-corrected chi connectivity index (χ4v) is 2.61. The van der Waals surface area contributed by atoms with E-state index in [-0.39, 0.29) is 28.6 Å². The molecule has 0 spiro atoms. The molecule has 2 heterocycles. The van der Waals surface area contributed by atoms with Gasteiger partial charge in [-0.1, -0.05) is 0 Å². The second-order valence-corrected chi connectivity index (χ2v) is 5.47. The highest BCUT2D eigenvalue weighted by Gasteiger charge is 2.22. The van der Waals surface area contributed by atoms with Crippen molar-refractivity contribution in [1.29, 1.82) is 0 Å². The second kappa shape index (κ2) is 6.31. The lowest BCUT2D eigenvalue weighted by atomic mass is 10.2. The lowest BCUT2D eigenvalue weighted by Gasteiger charge is -2.21. The van der Waals surface area contributed by atoms with Crippen LogP contribution in [0.15, 0.2) is 36.7 Å². The largest absolute Gasteiger partial charge is 0.365 e. The molecule has 25 heavy (non-hydrogen) atoms. The van der Waals surface area contributed by atoms with Gasteiger partial charge in [0.2, 0.25) is 0 Å². The van der Waals surface area contributed by atoms with E-state index in [2.05, 4.69) is 10.1 Å². The van der Waals surface area contributed by atoms with E-state index in [4.69, 9.17) is 5.73 Å². The van der Waals surface area contributed by atoms with Crippen LogP contribution in [0.3, 0.4) is 0 Å². The van der Waals surface area contributed by atoms with Gasteiger partial charge in [0.05, 0.1) is 6.20 Å². The summed E-state index contributed by atoms with van der Waals surface area (Å²) >= 11 is 0. The number of nitrogens with two attached hydrogens (primary N) is 1. The number of nitrogens with zero attached hydrogens (tertiary/aromatic N) is 4. The average molecular weight is 341 g/mol. The van der Waals surface area contributed by atoms with Gasteiger partial charge < -0.3 is 10.6 Å². The summed E-state index contributed by atoms with van der Waals surface area (Å²) in [6, 6.07) is 5.97. The molecular formula is C17H16FN5O2. The lowest BCUT2D eigenvalue weighted by Crippen LogP contribution is -2.32. The van der Waals surface area contributed by atoms with Gasteiger partial charge in [0.1, 0.15) is 17.1 Å². The van der Waals surface area contributed by atoms with E-state index >= 15 is 0 Å². The molecule has 0 fully saturated rings. The van der Waals surface area contributed by atoms with Crippen molar-refractivity contribution in [3.05, 3.63) is 59.3 Å². The second-order valence-electron chi connectivity index (χ2n) is 5.47. The lowest BCUT2D eigenvalue weighted by molar-refractivity contribution is 0.0977. The first kappa shape index (κ1) is 16.6. The van der Waals surface area contributed by atoms with Crippen LogP contribution in [0.4, 0.5) is 10.1 Å². The molecular weight excluding hydrogens is 325 g/mol. The van der Waals surface area contributed by atoms with Crippen molar-refractivity contribution in [2.24, 2.45) is 5.73 Å². The highest BCUT2D eigenvalue weighted by molar-refractivity contribution is 6.06. The number of primary amides is 1. The maximum Gasteiger partial charge on any atom is 0.277 e. The van der Waals surface area contributed by atoms with Gasteiger partial charge >= 0.3 is 0 Å². The number of fused-ring (bicyclic) bond motifs is 1. The van der Waals surface area contributed by atoms with Crippen LogP contribution in [0.1, 0.15) is 33.3 Å². The topological polar surface area (TPSA) is 93.6 Å². The minimum Gasteiger partial charge on any atom is -0.365 e. The molecule has 0 saturated heterocycles. The monoisotopic (exact) mass is 341 g/mol. The number of carbonyl (C=O) groups is 2. The van der Waals surface area contributed by atoms with Crippen LogP contribution in [0.25, 0.3) is 5.65 Å². The average Bonchev–Trinajstić information content (AvgIpc) is 3.02. The summed E-state index contributed by atoms with van der Waals surface area (Å²) in [4.78, 5) is 30.0. The number of aromatic nitrogens is 3. The zero-order chi connectivity index (χ0) is 18.1. The Kier molecular flexibility index (Phi) is 4.18. The van der Waals surface area contributed by atoms with E-state index in [1.807, 2.05) is 6.92 Å². The smallest absolute Gasteiger partial charge is 0.277 e. The predicted octanol–water partition coefficient (Wildman–Crippen LogP) is 1.94. The van der Waals surface area contributed by atoms with Gasteiger partial charge in [0.25, 0.3) is 11.8 Å². The van der Waals surface area contributed by atoms with Crippen LogP contribution >= 0.6 is 0 Å². The molecule has 0 aliphatic carbocycles. The highest BCUT2D eigenvalue weighted by Crippen LogP contribution is 2.21. The number of benzene rings is 1. The summed E-state index contributed by atoms with van der Waals surface area (Å²) in [5, 5.41) is 4.05. The molecule has 3 aromatic rings. The molecule has 0 unspecified atom stereocenters. The Labute approximate surface area is 142 Å². The van der Waals surface area contributed by atoms with Gasteiger partial charge in [0, 0.05) is 18.4 Å². The van der Waals surface area contributed by atoms with Crippen LogP contribution in [0.2, 0.25) is 0 Å². The predicted molar refractivity (Wildman–Crippen MR) is 90.0 cm³/mol. The Morgan fingerprint density at radius 1 is 1.32 bits per heavy atom. The molecule has 0 bridgehead atoms. The van der Waals surface area contributed by atoms with Crippen molar-refractivity contribution in [2.75, 3.05) is 11.4 Å². The minimum absolute atomic E-state index is 0.135. The number of aryl methyl sites for hydroxylation is 1. The molecule has 0 aliphatic rings. The third-order valence-electron chi connectivity index (χ3n) is 3.90. The quantitative estimate of drug-likeness (QED) is 0.785. The van der Waals surface area contributed by atoms with Gasteiger partial charge in [-0.2, -0.15) is 5.10 Å². The fourth-order valence-electron chi connectivity index (χ4n) is 2.61. The first-order valence-corrected chi connectivity index (χ1v) is 7.64. The summed E-state index contributed by atoms with van der Waals surface area (Å²) in [5.74, 6) is -1.36. The molecule has 7 nitrogen and oxygen atoms in total. The fraction of sp³-hybridized carbons (Fsp3) is 0.176. The molecule has 8 heteroatoms. The Bertz CT molecular complexity index is 982. The van der Waals surface area contributed by atoms with Gasteiger partial charge in [-0.25, -0.2) is 13.9 Å². The number of rotatable bonds is 4. The van der Waals surface area contributed by atoms with Crippen LogP contribution in [-0.2, 0) is 0 Å². The van der Waals surface area contributed by atoms with Crippen molar-refractivity contribution in [1.82, 2.24) is 14.6 Å². The van der Waals surface area contributed by atoms with Gasteiger partial charge in [-0.05, 0) is 43.7 Å². The van der Waals surface area contributed by atoms with E-state index < -0.39 is 5.91 Å². The van der Waals surface area contributed by atoms with E-state index in [0.29, 0.717) is 17.8 Å². The normalized spacial score (nSPS) is 10.8. The Hall–Kier alpha value is -3.29. The van der Waals surface area contributed by atoms with Gasteiger partial charge in [-0.15, -0.1) is 0 Å². The van der Waals surface area contributed by atoms with Gasteiger partial charge in [0.15, 0.2) is 5.65 Å². The van der Waals surface area contributed by atoms with Crippen molar-refractivity contribution in [2.45, 2.75) is 13.8 Å². The number of hydrogen-bond donors (Lipinski definition) is 1. The Balaban J connectivity index is 2.08. The van der Waals surface area contributed by atoms with Gasteiger partial charge in [-0.3, -0.25) is 9.59 Å². The van der Waals surface area contributed by atoms with Crippen molar-refractivity contribution in [3.8, 4) is 0 Å². The standard InChI is InChI=1S/C17H16FN5O2/c1-3-22(11-4-5-13(18)10(2)8-11)17(25)14-6-7-20-16-12(15(19)24)9-21-23(14)16/h4-9H,3H2,1-2H3,(H2,19,24). The molecule has 3 rings (SSSR count). The number of amides is 2. The Morgan fingerprint density at radius 2 is 2.08 bits per heavy atom. The molecule has 128 valence electrons. The van der Waals surface area contributed by atoms with E-state index in [1.54, 1.807) is 19.1 Å². The minimum atomic E-state index is -0.673. The Morgan fingerprint density at radius 3 is 2.72 bits per heavy atom. The first-order chi connectivity index (χ1) is 11.9. The highest BCUT2D eigenvalue weighted by atomic mass is 19.1. The maximum atomic E-state index is 13.5. The zero-order valence-electron chi connectivity index (χ0n) is 13.7. The summed E-state index contributed by atoms with van der Waals surface area (Å²) in [6.45, 7) is 3.82. The van der Waals surface area contributed by atoms with E-state index in [1.165, 1.54) is 33.9 Å². The molecule has 0 saturated carbocycles. The zero-order valence-corrected chi connectivity index (χ0v) is 13.7. The molecule has 1 aromatic carbocycles. The summed E-state index contributed by atoms with van der Waals surface area (Å²) in [5.41, 5.74) is 6.88. The van der Waals surface area contributed by atoms with Crippen LogP contribution < -0.4 is 10.6 Å². The molecule has 0 aliphatic heterocycles. The SMILES string of the molecule is CCN(C(=O)c1ccnc2c(C(N)=O)cnn12)c1ccc(F)c(C)c1. The number of carbonyl (C=O) groups excluding carboxylic acids is 2. The number of hydrogen-bond acceptors (Lipinski definition) is 4. The third-order valence-corrected chi connectivity index (χ3v) is 3.90. The van der Waals surface area contributed by atoms with Crippen molar-refractivity contribution in [3.63, 3.8) is 0 Å². The summed E-state index contributed by atoms with van der Waals surface area (Å²) in [7, 11) is 0. The number of halogens is 1. The first-order valence-electron chi connectivity index (χ1n) is 7.64. The van der Waals surface area contributed by atoms with Crippen LogP contribution in [0, 0.1) is 12.7 Å². The van der Waals surface area contributed by atoms with Crippen molar-refractivity contribution < 1.29 is 14.0 Å². The molecule has 2 amide bonds. The van der Waals surface area contributed by atoms with E-state index in [0.717, 1.165) is 0 Å². The summed E-state index contributed by atoms with van der Waals surface area (Å²) in [6.07, 6.45) is 2.69. The van der Waals surface area contributed by atoms with Crippen molar-refractivity contribution >= 4 is 23.1 Å². The van der Waals surface area contributed by atoms with Crippen LogP contribution in [-0.4, -0.2) is 33.0 Å². The van der Waals surface area contributed by atoms with E-state index in [9.17, 15) is 14.0 Å². The number of anilines is 1. The molecule has 0 atom stereocenters. The molecule has 2 aromatic heterocycles. The molecule has 2 N–H and O–H groups in total. The molecule has 0 radical (unpaired) electrons. The maximum absolute atomic E-state index is 13.5. The third kappa shape index (κ3) is 2.82.